The molecule has 2 aromatic rings. The summed E-state index contributed by atoms with van der Waals surface area (Å²) < 4.78 is 27.5. The molecule has 1 fully saturated rings. The van der Waals surface area contributed by atoms with Crippen molar-refractivity contribution >= 4 is 5.91 Å². The highest BCUT2D eigenvalue weighted by Gasteiger charge is 2.37. The molecule has 0 aliphatic carbocycles. The Morgan fingerprint density at radius 3 is 2.33 bits per heavy atom. The molecule has 0 spiro atoms. The summed E-state index contributed by atoms with van der Waals surface area (Å²) in [5, 5.41) is 0. The molecular weight excluding hydrogens is 310 g/mol. The predicted molar refractivity (Wildman–Crippen MR) is 86.6 cm³/mol. The van der Waals surface area contributed by atoms with Gasteiger partial charge in [0, 0.05) is 32.2 Å². The van der Waals surface area contributed by atoms with Crippen LogP contribution in [0.4, 0.5) is 8.78 Å². The van der Waals surface area contributed by atoms with E-state index in [-0.39, 0.29) is 6.04 Å². The number of benzene rings is 2. The minimum absolute atomic E-state index is 0.261. The normalized spacial score (nSPS) is 18.2. The molecule has 3 nitrogen and oxygen atoms in total. The Balaban J connectivity index is 1.41. The average Bonchev–Trinajstić information content (AvgIpc) is 2.53. The van der Waals surface area contributed by atoms with Gasteiger partial charge in [0.15, 0.2) is 0 Å². The minimum Gasteiger partial charge on any atom is -0.335 e. The van der Waals surface area contributed by atoms with Gasteiger partial charge in [0.25, 0.3) is 5.91 Å². The van der Waals surface area contributed by atoms with Crippen LogP contribution in [0.15, 0.2) is 42.5 Å². The van der Waals surface area contributed by atoms with Gasteiger partial charge in [-0.2, -0.15) is 0 Å². The van der Waals surface area contributed by atoms with Crippen molar-refractivity contribution in [3.05, 3.63) is 70.8 Å². The van der Waals surface area contributed by atoms with Crippen LogP contribution in [0.3, 0.4) is 0 Å². The van der Waals surface area contributed by atoms with Crippen LogP contribution in [0.1, 0.15) is 21.5 Å². The van der Waals surface area contributed by atoms with Gasteiger partial charge in [0.05, 0.1) is 0 Å². The molecule has 0 N–H and O–H groups in total. The Morgan fingerprint density at radius 2 is 1.62 bits per heavy atom. The van der Waals surface area contributed by atoms with Crippen LogP contribution in [-0.4, -0.2) is 41.4 Å². The van der Waals surface area contributed by atoms with Crippen LogP contribution in [-0.2, 0) is 13.0 Å². The van der Waals surface area contributed by atoms with Crippen LogP contribution in [0, 0.1) is 11.6 Å². The molecule has 0 radical (unpaired) electrons. The van der Waals surface area contributed by atoms with E-state index in [9.17, 15) is 13.6 Å². The Hall–Kier alpha value is -2.27. The smallest absolute Gasteiger partial charge is 0.259 e. The van der Waals surface area contributed by atoms with Gasteiger partial charge in [0.2, 0.25) is 0 Å². The van der Waals surface area contributed by atoms with Gasteiger partial charge >= 0.3 is 0 Å². The Morgan fingerprint density at radius 1 is 0.958 bits per heavy atom. The number of nitrogens with zero attached hydrogens (tertiary/aromatic N) is 2. The number of carbonyl (C=O) groups is 1. The van der Waals surface area contributed by atoms with Crippen molar-refractivity contribution in [2.75, 3.05) is 19.6 Å². The third-order valence-electron chi connectivity index (χ3n) is 5.00. The molecule has 24 heavy (non-hydrogen) atoms. The summed E-state index contributed by atoms with van der Waals surface area (Å²) in [5.41, 5.74) is 2.27. The monoisotopic (exact) mass is 328 g/mol. The average molecular weight is 328 g/mol. The second-order valence-electron chi connectivity index (χ2n) is 6.45. The maximum absolute atomic E-state index is 13.7. The quantitative estimate of drug-likeness (QED) is 0.846. The number of amides is 1. The topological polar surface area (TPSA) is 23.6 Å². The van der Waals surface area contributed by atoms with E-state index in [2.05, 4.69) is 23.1 Å². The standard InChI is InChI=1S/C19H18F2N2O/c20-16-6-3-7-17(21)18(16)19(24)23-11-15(12-23)22-9-8-13-4-1-2-5-14(13)10-22/h1-7,15H,8-12H2. The van der Waals surface area contributed by atoms with E-state index in [0.29, 0.717) is 13.1 Å². The second-order valence-corrected chi connectivity index (χ2v) is 6.45. The van der Waals surface area contributed by atoms with Crippen molar-refractivity contribution in [2.24, 2.45) is 0 Å². The van der Waals surface area contributed by atoms with Gasteiger partial charge in [-0.3, -0.25) is 9.69 Å². The first-order valence-electron chi connectivity index (χ1n) is 8.17. The van der Waals surface area contributed by atoms with Gasteiger partial charge < -0.3 is 4.90 Å². The molecule has 2 aliphatic rings. The van der Waals surface area contributed by atoms with Crippen molar-refractivity contribution in [2.45, 2.75) is 19.0 Å². The number of likely N-dealkylation sites (tertiary alicyclic amines) is 1. The molecule has 0 saturated carbocycles. The van der Waals surface area contributed by atoms with Crippen molar-refractivity contribution < 1.29 is 13.6 Å². The van der Waals surface area contributed by atoms with E-state index in [4.69, 9.17) is 0 Å². The summed E-state index contributed by atoms with van der Waals surface area (Å²) in [7, 11) is 0. The van der Waals surface area contributed by atoms with Crippen LogP contribution >= 0.6 is 0 Å². The highest BCUT2D eigenvalue weighted by atomic mass is 19.1. The maximum Gasteiger partial charge on any atom is 0.259 e. The number of rotatable bonds is 2. The minimum atomic E-state index is -0.796. The fourth-order valence-electron chi connectivity index (χ4n) is 3.54. The van der Waals surface area contributed by atoms with Gasteiger partial charge in [-0.1, -0.05) is 30.3 Å². The lowest BCUT2D eigenvalue weighted by atomic mass is 9.96. The molecule has 1 saturated heterocycles. The summed E-state index contributed by atoms with van der Waals surface area (Å²) in [5.74, 6) is -2.15. The second kappa shape index (κ2) is 5.98. The fourth-order valence-corrected chi connectivity index (χ4v) is 3.54. The summed E-state index contributed by atoms with van der Waals surface area (Å²) in [6.45, 7) is 2.87. The molecule has 0 unspecified atom stereocenters. The molecule has 2 aliphatic heterocycles. The van der Waals surface area contributed by atoms with E-state index < -0.39 is 23.1 Å². The maximum atomic E-state index is 13.7. The molecule has 0 aromatic heterocycles. The zero-order valence-corrected chi connectivity index (χ0v) is 13.2. The van der Waals surface area contributed by atoms with E-state index in [1.807, 2.05) is 6.07 Å². The van der Waals surface area contributed by atoms with Crippen LogP contribution < -0.4 is 0 Å². The zero-order chi connectivity index (χ0) is 16.7. The van der Waals surface area contributed by atoms with Gasteiger partial charge in [0.1, 0.15) is 17.2 Å². The number of hydrogen-bond donors (Lipinski definition) is 0. The van der Waals surface area contributed by atoms with Gasteiger partial charge in [-0.15, -0.1) is 0 Å². The fraction of sp³-hybridized carbons (Fsp3) is 0.316. The SMILES string of the molecule is O=C(c1c(F)cccc1F)N1CC(N2CCc3ccccc3C2)C1. The molecular formula is C19H18F2N2O. The Labute approximate surface area is 139 Å². The lowest BCUT2D eigenvalue weighted by Gasteiger charge is -2.47. The van der Waals surface area contributed by atoms with Crippen molar-refractivity contribution in [3.8, 4) is 0 Å². The molecule has 0 atom stereocenters. The molecule has 5 heteroatoms. The lowest BCUT2D eigenvalue weighted by Crippen LogP contribution is -2.61. The van der Waals surface area contributed by atoms with E-state index in [0.717, 1.165) is 31.6 Å². The third kappa shape index (κ3) is 2.59. The Bertz CT molecular complexity index is 766. The van der Waals surface area contributed by atoms with Crippen LogP contribution in [0.25, 0.3) is 0 Å². The van der Waals surface area contributed by atoms with Crippen molar-refractivity contribution in [1.82, 2.24) is 9.80 Å². The summed E-state index contributed by atoms with van der Waals surface area (Å²) >= 11 is 0. The predicted octanol–water partition coefficient (Wildman–Crippen LogP) is 2.85. The number of carbonyl (C=O) groups excluding carboxylic acids is 1. The first-order valence-corrected chi connectivity index (χ1v) is 8.17. The highest BCUT2D eigenvalue weighted by Crippen LogP contribution is 2.26. The zero-order valence-electron chi connectivity index (χ0n) is 13.2. The van der Waals surface area contributed by atoms with Crippen molar-refractivity contribution in [1.29, 1.82) is 0 Å². The van der Waals surface area contributed by atoms with Gasteiger partial charge in [-0.25, -0.2) is 8.78 Å². The lowest BCUT2D eigenvalue weighted by molar-refractivity contribution is 0.0211. The number of halogens is 2. The molecule has 0 bridgehead atoms. The molecule has 124 valence electrons. The summed E-state index contributed by atoms with van der Waals surface area (Å²) in [6, 6.07) is 12.2. The first kappa shape index (κ1) is 15.3. The van der Waals surface area contributed by atoms with Crippen LogP contribution in [0.5, 0.6) is 0 Å². The van der Waals surface area contributed by atoms with Crippen LogP contribution in [0.2, 0.25) is 0 Å². The largest absolute Gasteiger partial charge is 0.335 e. The van der Waals surface area contributed by atoms with E-state index >= 15 is 0 Å². The molecule has 2 heterocycles. The van der Waals surface area contributed by atoms with E-state index in [1.165, 1.54) is 22.1 Å². The highest BCUT2D eigenvalue weighted by molar-refractivity contribution is 5.95. The molecule has 4 rings (SSSR count). The summed E-state index contributed by atoms with van der Waals surface area (Å²) in [4.78, 5) is 16.2. The van der Waals surface area contributed by atoms with Gasteiger partial charge in [-0.05, 0) is 29.7 Å². The summed E-state index contributed by atoms with van der Waals surface area (Å²) in [6.07, 6.45) is 1.00. The third-order valence-corrected chi connectivity index (χ3v) is 5.00. The molecule has 1 amide bonds. The number of hydrogen-bond acceptors (Lipinski definition) is 2. The van der Waals surface area contributed by atoms with Crippen molar-refractivity contribution in [3.63, 3.8) is 0 Å². The Kier molecular flexibility index (Phi) is 3.81. The van der Waals surface area contributed by atoms with E-state index in [1.54, 1.807) is 0 Å². The number of fused-ring (bicyclic) bond motifs is 1. The molecule has 2 aromatic carbocycles. The first-order chi connectivity index (χ1) is 11.6.